The molecule has 110 valence electrons. The van der Waals surface area contributed by atoms with Gasteiger partial charge in [-0.25, -0.2) is 4.39 Å². The van der Waals surface area contributed by atoms with Crippen molar-refractivity contribution < 1.29 is 14.1 Å². The minimum atomic E-state index is -0.806. The van der Waals surface area contributed by atoms with Crippen molar-refractivity contribution in [1.29, 1.82) is 0 Å². The molecule has 2 aromatic carbocycles. The van der Waals surface area contributed by atoms with E-state index in [1.165, 1.54) is 12.1 Å². The average Bonchev–Trinajstić information content (AvgIpc) is 2.44. The number of rotatable bonds is 5. The minimum absolute atomic E-state index is 0.269. The van der Waals surface area contributed by atoms with Gasteiger partial charge in [-0.3, -0.25) is 10.1 Å². The quantitative estimate of drug-likeness (QED) is 0.672. The molecule has 0 saturated carbocycles. The fourth-order valence-corrected chi connectivity index (χ4v) is 2.07. The normalized spacial score (nSPS) is 10.4. The molecule has 0 atom stereocenters. The monoisotopic (exact) mass is 310 g/mol. The summed E-state index contributed by atoms with van der Waals surface area (Å²) in [5.74, 6) is -0.966. The van der Waals surface area contributed by atoms with Gasteiger partial charge >= 0.3 is 5.69 Å². The Morgan fingerprint density at radius 1 is 1.33 bits per heavy atom. The van der Waals surface area contributed by atoms with E-state index in [9.17, 15) is 14.5 Å². The smallest absolute Gasteiger partial charge is 0.314 e. The minimum Gasteiger partial charge on any atom is -0.447 e. The van der Waals surface area contributed by atoms with Crippen molar-refractivity contribution in [2.75, 3.05) is 7.05 Å². The Bertz CT molecular complexity index is 679. The molecule has 5 nitrogen and oxygen atoms in total. The summed E-state index contributed by atoms with van der Waals surface area (Å²) in [6.45, 7) is 0.386. The van der Waals surface area contributed by atoms with Crippen molar-refractivity contribution in [2.45, 2.75) is 6.54 Å². The third-order valence-electron chi connectivity index (χ3n) is 2.78. The van der Waals surface area contributed by atoms with Crippen molar-refractivity contribution in [3.05, 3.63) is 62.9 Å². The van der Waals surface area contributed by atoms with E-state index in [1.807, 2.05) is 0 Å². The molecule has 0 unspecified atom stereocenters. The Labute approximate surface area is 125 Å². The Kier molecular flexibility index (Phi) is 4.72. The molecule has 0 spiro atoms. The third kappa shape index (κ3) is 3.29. The van der Waals surface area contributed by atoms with E-state index in [0.717, 1.165) is 6.07 Å². The van der Waals surface area contributed by atoms with E-state index in [2.05, 4.69) is 5.32 Å². The van der Waals surface area contributed by atoms with Crippen molar-refractivity contribution in [1.82, 2.24) is 5.32 Å². The highest BCUT2D eigenvalue weighted by molar-refractivity contribution is 6.31. The topological polar surface area (TPSA) is 64.4 Å². The molecule has 0 aliphatic rings. The molecule has 0 bridgehead atoms. The zero-order chi connectivity index (χ0) is 15.4. The lowest BCUT2D eigenvalue weighted by atomic mass is 10.2. The van der Waals surface area contributed by atoms with Gasteiger partial charge in [0.05, 0.1) is 4.92 Å². The third-order valence-corrected chi connectivity index (χ3v) is 3.14. The number of para-hydroxylation sites is 1. The first-order chi connectivity index (χ1) is 10.0. The SMILES string of the molecule is CNCc1c(Cl)cccc1Oc1c(F)cccc1[N+](=O)[O-]. The molecule has 0 heterocycles. The molecule has 7 heteroatoms. The van der Waals surface area contributed by atoms with Gasteiger partial charge in [0, 0.05) is 23.2 Å². The molecule has 1 N–H and O–H groups in total. The largest absolute Gasteiger partial charge is 0.447 e. The van der Waals surface area contributed by atoms with Crippen LogP contribution in [0.2, 0.25) is 5.02 Å². The zero-order valence-corrected chi connectivity index (χ0v) is 11.9. The Hall–Kier alpha value is -2.18. The van der Waals surface area contributed by atoms with E-state index >= 15 is 0 Å². The van der Waals surface area contributed by atoms with Crippen LogP contribution in [0.5, 0.6) is 11.5 Å². The molecule has 0 amide bonds. The molecule has 2 aromatic rings. The van der Waals surface area contributed by atoms with Gasteiger partial charge in [0.15, 0.2) is 5.82 Å². The predicted molar refractivity (Wildman–Crippen MR) is 77.3 cm³/mol. The van der Waals surface area contributed by atoms with Crippen LogP contribution in [-0.2, 0) is 6.54 Å². The van der Waals surface area contributed by atoms with E-state index in [4.69, 9.17) is 16.3 Å². The van der Waals surface area contributed by atoms with E-state index in [-0.39, 0.29) is 5.75 Å². The van der Waals surface area contributed by atoms with Gasteiger partial charge in [0.1, 0.15) is 5.75 Å². The molecule has 0 saturated heterocycles. The summed E-state index contributed by atoms with van der Waals surface area (Å²) in [6, 6.07) is 8.41. The van der Waals surface area contributed by atoms with E-state index in [0.29, 0.717) is 17.1 Å². The van der Waals surface area contributed by atoms with E-state index in [1.54, 1.807) is 25.2 Å². The fourth-order valence-electron chi connectivity index (χ4n) is 1.84. The molecule has 0 fully saturated rings. The van der Waals surface area contributed by atoms with Crippen LogP contribution in [-0.4, -0.2) is 12.0 Å². The molecule has 21 heavy (non-hydrogen) atoms. The Balaban J connectivity index is 2.48. The number of nitro groups is 1. The van der Waals surface area contributed by atoms with Crippen LogP contribution in [0.4, 0.5) is 10.1 Å². The molecule has 2 rings (SSSR count). The number of nitrogens with zero attached hydrogens (tertiary/aromatic N) is 1. The van der Waals surface area contributed by atoms with Gasteiger partial charge < -0.3 is 10.1 Å². The van der Waals surface area contributed by atoms with E-state index < -0.39 is 22.2 Å². The summed E-state index contributed by atoms with van der Waals surface area (Å²) in [5, 5.41) is 14.3. The lowest BCUT2D eigenvalue weighted by Gasteiger charge is -2.13. The second-order valence-corrected chi connectivity index (χ2v) is 4.60. The van der Waals surface area contributed by atoms with Crippen LogP contribution in [0.25, 0.3) is 0 Å². The zero-order valence-electron chi connectivity index (χ0n) is 11.1. The first-order valence-electron chi connectivity index (χ1n) is 6.07. The highest BCUT2D eigenvalue weighted by atomic mass is 35.5. The number of hydrogen-bond acceptors (Lipinski definition) is 4. The number of nitro benzene ring substituents is 1. The number of benzene rings is 2. The maximum absolute atomic E-state index is 13.8. The van der Waals surface area contributed by atoms with Gasteiger partial charge in [-0.15, -0.1) is 0 Å². The summed E-state index contributed by atoms with van der Waals surface area (Å²) in [4.78, 5) is 10.3. The maximum Gasteiger partial charge on any atom is 0.314 e. The summed E-state index contributed by atoms with van der Waals surface area (Å²) < 4.78 is 19.3. The highest BCUT2D eigenvalue weighted by Gasteiger charge is 2.21. The second-order valence-electron chi connectivity index (χ2n) is 4.19. The van der Waals surface area contributed by atoms with Gasteiger partial charge in [-0.05, 0) is 25.2 Å². The summed E-state index contributed by atoms with van der Waals surface area (Å²) in [7, 11) is 1.72. The lowest BCUT2D eigenvalue weighted by Crippen LogP contribution is -2.07. The molecule has 0 aromatic heterocycles. The van der Waals surface area contributed by atoms with Crippen LogP contribution >= 0.6 is 11.6 Å². The first-order valence-corrected chi connectivity index (χ1v) is 6.45. The Morgan fingerprint density at radius 3 is 2.71 bits per heavy atom. The summed E-state index contributed by atoms with van der Waals surface area (Å²) in [5.41, 5.74) is 0.157. The van der Waals surface area contributed by atoms with Crippen LogP contribution in [0.3, 0.4) is 0 Å². The van der Waals surface area contributed by atoms with Crippen molar-refractivity contribution >= 4 is 17.3 Å². The van der Waals surface area contributed by atoms with Crippen molar-refractivity contribution in [3.8, 4) is 11.5 Å². The fraction of sp³-hybridized carbons (Fsp3) is 0.143. The molecule has 0 radical (unpaired) electrons. The highest BCUT2D eigenvalue weighted by Crippen LogP contribution is 2.36. The number of halogens is 2. The van der Waals surface area contributed by atoms with Crippen molar-refractivity contribution in [2.24, 2.45) is 0 Å². The first kappa shape index (κ1) is 15.2. The van der Waals surface area contributed by atoms with Gasteiger partial charge in [0.2, 0.25) is 5.75 Å². The molecule has 0 aliphatic carbocycles. The molecular formula is C14H12ClFN2O3. The van der Waals surface area contributed by atoms with Gasteiger partial charge in [-0.1, -0.05) is 23.7 Å². The van der Waals surface area contributed by atoms with Gasteiger partial charge in [0.25, 0.3) is 0 Å². The standard InChI is InChI=1S/C14H12ClFN2O3/c1-17-8-9-10(15)4-2-7-13(9)21-14-11(16)5-3-6-12(14)18(19)20/h2-7,17H,8H2,1H3. The molecular weight excluding hydrogens is 299 g/mol. The van der Waals surface area contributed by atoms with Crippen LogP contribution < -0.4 is 10.1 Å². The number of hydrogen-bond donors (Lipinski definition) is 1. The van der Waals surface area contributed by atoms with Crippen LogP contribution in [0, 0.1) is 15.9 Å². The Morgan fingerprint density at radius 2 is 2.05 bits per heavy atom. The lowest BCUT2D eigenvalue weighted by molar-refractivity contribution is -0.385. The van der Waals surface area contributed by atoms with Gasteiger partial charge in [-0.2, -0.15) is 0 Å². The number of ether oxygens (including phenoxy) is 1. The summed E-state index contributed by atoms with van der Waals surface area (Å²) in [6.07, 6.45) is 0. The average molecular weight is 311 g/mol. The predicted octanol–water partition coefficient (Wildman–Crippen LogP) is 3.90. The van der Waals surface area contributed by atoms with Crippen molar-refractivity contribution in [3.63, 3.8) is 0 Å². The molecule has 0 aliphatic heterocycles. The summed E-state index contributed by atoms with van der Waals surface area (Å²) >= 11 is 6.07. The van der Waals surface area contributed by atoms with Crippen LogP contribution in [0.1, 0.15) is 5.56 Å². The number of nitrogens with one attached hydrogen (secondary N) is 1. The van der Waals surface area contributed by atoms with Crippen LogP contribution in [0.15, 0.2) is 36.4 Å². The maximum atomic E-state index is 13.8. The second kappa shape index (κ2) is 6.51.